The van der Waals surface area contributed by atoms with Gasteiger partial charge in [-0.25, -0.2) is 0 Å². The minimum atomic E-state index is -0.0513. The molecule has 0 saturated carbocycles. The fourth-order valence-electron chi connectivity index (χ4n) is 0.792. The molecule has 3 N–H and O–H groups in total. The van der Waals surface area contributed by atoms with E-state index < -0.39 is 0 Å². The van der Waals surface area contributed by atoms with Gasteiger partial charge in [0.2, 0.25) is 5.91 Å². The second kappa shape index (κ2) is 15.8. The Hall–Kier alpha value is -0.610. The van der Waals surface area contributed by atoms with Gasteiger partial charge in [-0.15, -0.1) is 0 Å². The molecule has 0 aromatic heterocycles. The Bertz CT molecular complexity index is 130. The Labute approximate surface area is 93.6 Å². The van der Waals surface area contributed by atoms with E-state index in [4.69, 9.17) is 10.5 Å². The van der Waals surface area contributed by atoms with Gasteiger partial charge in [0.15, 0.2) is 0 Å². The van der Waals surface area contributed by atoms with Crippen LogP contribution in [-0.2, 0) is 9.53 Å². The smallest absolute Gasteiger partial charge is 0.245 e. The Morgan fingerprint density at radius 1 is 1.33 bits per heavy atom. The highest BCUT2D eigenvalue weighted by Gasteiger charge is 1.98. The number of unbranched alkanes of at least 4 members (excludes halogenated alkanes) is 1. The van der Waals surface area contributed by atoms with E-state index in [-0.39, 0.29) is 12.5 Å². The number of hydrogen-bond acceptors (Lipinski definition) is 3. The highest BCUT2D eigenvalue weighted by Crippen LogP contribution is 1.87. The zero-order chi connectivity index (χ0) is 11.9. The van der Waals surface area contributed by atoms with Crippen LogP contribution in [0.3, 0.4) is 0 Å². The first-order valence-electron chi connectivity index (χ1n) is 5.85. The van der Waals surface area contributed by atoms with E-state index in [0.717, 1.165) is 19.3 Å². The van der Waals surface area contributed by atoms with Gasteiger partial charge in [0.05, 0.1) is 0 Å². The van der Waals surface area contributed by atoms with Crippen LogP contribution in [0.25, 0.3) is 0 Å². The van der Waals surface area contributed by atoms with Crippen LogP contribution in [0, 0.1) is 0 Å². The molecule has 0 aliphatic heterocycles. The summed E-state index contributed by atoms with van der Waals surface area (Å²) in [4.78, 5) is 11.0. The third kappa shape index (κ3) is 16.1. The zero-order valence-electron chi connectivity index (χ0n) is 10.3. The molecule has 0 aliphatic rings. The van der Waals surface area contributed by atoms with Gasteiger partial charge in [-0.1, -0.05) is 27.2 Å². The minimum Gasteiger partial charge on any atom is -0.372 e. The molecule has 15 heavy (non-hydrogen) atoms. The van der Waals surface area contributed by atoms with E-state index >= 15 is 0 Å². The van der Waals surface area contributed by atoms with Gasteiger partial charge in [0, 0.05) is 13.2 Å². The average molecular weight is 218 g/mol. The summed E-state index contributed by atoms with van der Waals surface area (Å²) in [5, 5.41) is 2.72. The number of carbonyl (C=O) groups excluding carboxylic acids is 1. The fourth-order valence-corrected chi connectivity index (χ4v) is 0.792. The molecule has 0 saturated heterocycles. The van der Waals surface area contributed by atoms with Crippen LogP contribution in [0.15, 0.2) is 0 Å². The van der Waals surface area contributed by atoms with Crippen molar-refractivity contribution in [3.63, 3.8) is 0 Å². The number of ether oxygens (including phenoxy) is 1. The number of carbonyl (C=O) groups is 1. The lowest BCUT2D eigenvalue weighted by Gasteiger charge is -2.04. The van der Waals surface area contributed by atoms with Gasteiger partial charge in [-0.2, -0.15) is 0 Å². The van der Waals surface area contributed by atoms with Crippen molar-refractivity contribution in [1.82, 2.24) is 5.32 Å². The van der Waals surface area contributed by atoms with Crippen LogP contribution >= 0.6 is 0 Å². The van der Waals surface area contributed by atoms with Crippen molar-refractivity contribution in [2.45, 2.75) is 40.0 Å². The Morgan fingerprint density at radius 2 is 2.00 bits per heavy atom. The number of nitrogens with one attached hydrogen (secondary N) is 1. The second-order valence-electron chi connectivity index (χ2n) is 2.90. The monoisotopic (exact) mass is 218 g/mol. The normalized spacial score (nSPS) is 9.07. The summed E-state index contributed by atoms with van der Waals surface area (Å²) >= 11 is 0. The largest absolute Gasteiger partial charge is 0.372 e. The molecule has 0 bridgehead atoms. The molecule has 0 heterocycles. The van der Waals surface area contributed by atoms with Crippen LogP contribution in [0.5, 0.6) is 0 Å². The van der Waals surface area contributed by atoms with Gasteiger partial charge >= 0.3 is 0 Å². The maximum atomic E-state index is 11.0. The van der Waals surface area contributed by atoms with E-state index in [1.165, 1.54) is 0 Å². The average Bonchev–Trinajstić information content (AvgIpc) is 2.28. The lowest BCUT2D eigenvalue weighted by atomic mass is 10.4. The lowest BCUT2D eigenvalue weighted by molar-refractivity contribution is -0.125. The standard InChI is InChI=1S/C9H20N2O2.C2H6/c1-2-3-7-13-8-9(12)11-6-4-5-10;1-2/h2-8,10H2,1H3,(H,11,12);1-2H3. The first-order chi connectivity index (χ1) is 7.31. The maximum Gasteiger partial charge on any atom is 0.245 e. The molecule has 4 heteroatoms. The summed E-state index contributed by atoms with van der Waals surface area (Å²) in [5.74, 6) is -0.0513. The van der Waals surface area contributed by atoms with Crippen molar-refractivity contribution >= 4 is 5.91 Å². The first kappa shape index (κ1) is 16.8. The van der Waals surface area contributed by atoms with E-state index in [0.29, 0.717) is 19.7 Å². The van der Waals surface area contributed by atoms with E-state index in [2.05, 4.69) is 12.2 Å². The Kier molecular flexibility index (Phi) is 17.8. The highest BCUT2D eigenvalue weighted by molar-refractivity contribution is 5.77. The van der Waals surface area contributed by atoms with Crippen LogP contribution in [-0.4, -0.2) is 32.2 Å². The number of rotatable bonds is 8. The topological polar surface area (TPSA) is 64.3 Å². The summed E-state index contributed by atoms with van der Waals surface area (Å²) in [5.41, 5.74) is 5.27. The van der Waals surface area contributed by atoms with Crippen molar-refractivity contribution in [1.29, 1.82) is 0 Å². The van der Waals surface area contributed by atoms with Crippen molar-refractivity contribution in [3.8, 4) is 0 Å². The van der Waals surface area contributed by atoms with Crippen LogP contribution in [0.2, 0.25) is 0 Å². The van der Waals surface area contributed by atoms with Crippen LogP contribution in [0.4, 0.5) is 0 Å². The minimum absolute atomic E-state index is 0.0513. The molecule has 1 amide bonds. The van der Waals surface area contributed by atoms with Crippen molar-refractivity contribution in [2.75, 3.05) is 26.3 Å². The predicted molar refractivity (Wildman–Crippen MR) is 63.8 cm³/mol. The SMILES string of the molecule is CC.CCCCOCC(=O)NCCCN. The molecular weight excluding hydrogens is 192 g/mol. The molecule has 4 nitrogen and oxygen atoms in total. The molecular formula is C11H26N2O2. The summed E-state index contributed by atoms with van der Waals surface area (Å²) < 4.78 is 5.12. The highest BCUT2D eigenvalue weighted by atomic mass is 16.5. The number of nitrogens with two attached hydrogens (primary N) is 1. The van der Waals surface area contributed by atoms with E-state index in [1.807, 2.05) is 13.8 Å². The van der Waals surface area contributed by atoms with Gasteiger partial charge in [-0.3, -0.25) is 4.79 Å². The molecule has 0 atom stereocenters. The molecule has 0 unspecified atom stereocenters. The van der Waals surface area contributed by atoms with Gasteiger partial charge in [0.1, 0.15) is 6.61 Å². The lowest BCUT2D eigenvalue weighted by Crippen LogP contribution is -2.29. The van der Waals surface area contributed by atoms with Crippen molar-refractivity contribution in [2.24, 2.45) is 5.73 Å². The summed E-state index contributed by atoms with van der Waals surface area (Å²) in [6.45, 7) is 8.18. The molecule has 92 valence electrons. The molecule has 0 aromatic rings. The number of hydrogen-bond donors (Lipinski definition) is 2. The molecule has 0 fully saturated rings. The van der Waals surface area contributed by atoms with Gasteiger partial charge in [0.25, 0.3) is 0 Å². The molecule has 0 rings (SSSR count). The van der Waals surface area contributed by atoms with Crippen LogP contribution in [0.1, 0.15) is 40.0 Å². The summed E-state index contributed by atoms with van der Waals surface area (Å²) in [7, 11) is 0. The third-order valence-corrected chi connectivity index (χ3v) is 1.58. The first-order valence-corrected chi connectivity index (χ1v) is 5.85. The quantitative estimate of drug-likeness (QED) is 0.603. The van der Waals surface area contributed by atoms with Gasteiger partial charge in [-0.05, 0) is 19.4 Å². The van der Waals surface area contributed by atoms with Crippen LogP contribution < -0.4 is 11.1 Å². The summed E-state index contributed by atoms with van der Waals surface area (Å²) in [6.07, 6.45) is 2.92. The maximum absolute atomic E-state index is 11.0. The summed E-state index contributed by atoms with van der Waals surface area (Å²) in [6, 6.07) is 0. The fraction of sp³-hybridized carbons (Fsp3) is 0.909. The second-order valence-corrected chi connectivity index (χ2v) is 2.90. The molecule has 0 aromatic carbocycles. The zero-order valence-corrected chi connectivity index (χ0v) is 10.3. The Balaban J connectivity index is 0. The molecule has 0 spiro atoms. The number of amides is 1. The van der Waals surface area contributed by atoms with Crippen molar-refractivity contribution < 1.29 is 9.53 Å². The third-order valence-electron chi connectivity index (χ3n) is 1.58. The van der Waals surface area contributed by atoms with Crippen molar-refractivity contribution in [3.05, 3.63) is 0 Å². The molecule has 0 radical (unpaired) electrons. The Morgan fingerprint density at radius 3 is 2.53 bits per heavy atom. The van der Waals surface area contributed by atoms with E-state index in [9.17, 15) is 4.79 Å². The molecule has 0 aliphatic carbocycles. The van der Waals surface area contributed by atoms with E-state index in [1.54, 1.807) is 0 Å². The van der Waals surface area contributed by atoms with Gasteiger partial charge < -0.3 is 15.8 Å². The predicted octanol–water partition coefficient (Wildman–Crippen LogP) is 1.29.